The van der Waals surface area contributed by atoms with E-state index in [1.807, 2.05) is 0 Å². The molecule has 0 bridgehead atoms. The summed E-state index contributed by atoms with van der Waals surface area (Å²) in [7, 11) is 0. The second-order valence-corrected chi connectivity index (χ2v) is 9.49. The number of carbonyl (C=O) groups excluding carboxylic acids is 1. The molecule has 8 nitrogen and oxygen atoms in total. The first-order valence-corrected chi connectivity index (χ1v) is 12.1. The number of nitrogens with zero attached hydrogens (tertiary/aromatic N) is 1. The number of benzene rings is 3. The first-order chi connectivity index (χ1) is 16.5. The predicted molar refractivity (Wildman–Crippen MR) is 141 cm³/mol. The maximum Gasteiger partial charge on any atom is 0.195 e. The number of rotatable bonds is 7. The van der Waals surface area contributed by atoms with Gasteiger partial charge in [0, 0.05) is 33.1 Å². The molecule has 0 radical (unpaired) electrons. The van der Waals surface area contributed by atoms with Gasteiger partial charge >= 0.3 is 0 Å². The molecular weight excluding hydrogens is 482 g/mol. The third-order valence-electron chi connectivity index (χ3n) is 6.10. The summed E-state index contributed by atoms with van der Waals surface area (Å²) in [5.41, 5.74) is 1.58. The molecule has 1 fully saturated rings. The number of fused-ring (bicyclic) bond motifs is 1. The second-order valence-electron chi connectivity index (χ2n) is 8.44. The van der Waals surface area contributed by atoms with Crippen molar-refractivity contribution in [3.05, 3.63) is 71.8 Å². The van der Waals surface area contributed by atoms with E-state index in [-0.39, 0.29) is 34.0 Å². The minimum atomic E-state index is -0.237. The highest BCUT2D eigenvalue weighted by molar-refractivity contribution is 7.23. The van der Waals surface area contributed by atoms with E-state index in [1.165, 1.54) is 36.3 Å². The molecule has 0 atom stereocenters. The van der Waals surface area contributed by atoms with Crippen molar-refractivity contribution in [1.82, 2.24) is 4.90 Å². The van der Waals surface area contributed by atoms with Crippen LogP contribution in [0.3, 0.4) is 0 Å². The number of likely N-dealkylation sites (tertiary alicyclic amines) is 1. The van der Waals surface area contributed by atoms with Gasteiger partial charge in [-0.1, -0.05) is 0 Å². The Hall–Kier alpha value is -3.63. The average molecular weight is 512 g/mol. The van der Waals surface area contributed by atoms with Crippen LogP contribution in [0.4, 0.5) is 0 Å². The fourth-order valence-electron chi connectivity index (χ4n) is 4.37. The Morgan fingerprint density at radius 3 is 2.22 bits per heavy atom. The zero-order valence-corrected chi connectivity index (χ0v) is 20.3. The van der Waals surface area contributed by atoms with Gasteiger partial charge in [0.15, 0.2) is 5.78 Å². The molecule has 1 saturated heterocycles. The maximum absolute atomic E-state index is 13.7. The van der Waals surface area contributed by atoms with Crippen LogP contribution < -0.4 is 4.74 Å². The minimum Gasteiger partial charge on any atom is -0.508 e. The van der Waals surface area contributed by atoms with Gasteiger partial charge in [0.25, 0.3) is 0 Å². The Morgan fingerprint density at radius 2 is 1.56 bits per heavy atom. The topological polar surface area (TPSA) is 153 Å². The fraction of sp³-hybridized carbons (Fsp3) is 0.222. The normalized spacial score (nSPS) is 13.2. The van der Waals surface area contributed by atoms with Crippen molar-refractivity contribution in [3.63, 3.8) is 0 Å². The lowest BCUT2D eigenvalue weighted by Crippen LogP contribution is -2.25. The second kappa shape index (κ2) is 11.4. The number of ketones is 1. The van der Waals surface area contributed by atoms with Crippen molar-refractivity contribution in [2.24, 2.45) is 0 Å². The molecule has 190 valence electrons. The summed E-state index contributed by atoms with van der Waals surface area (Å²) >= 11 is 1.31. The van der Waals surface area contributed by atoms with E-state index in [4.69, 9.17) is 4.74 Å². The molecule has 7 N–H and O–H groups in total. The maximum atomic E-state index is 13.7. The Morgan fingerprint density at radius 1 is 0.889 bits per heavy atom. The number of aromatic hydroxyl groups is 3. The Labute approximate surface area is 212 Å². The highest BCUT2D eigenvalue weighted by Crippen LogP contribution is 2.45. The summed E-state index contributed by atoms with van der Waals surface area (Å²) in [5.74, 6) is 0.370. The molecule has 0 saturated carbocycles. The average Bonchev–Trinajstić information content (AvgIpc) is 3.48. The smallest absolute Gasteiger partial charge is 0.195 e. The van der Waals surface area contributed by atoms with E-state index < -0.39 is 0 Å². The predicted octanol–water partition coefficient (Wildman–Crippen LogP) is 3.74. The van der Waals surface area contributed by atoms with E-state index in [2.05, 4.69) is 4.90 Å². The minimum absolute atomic E-state index is 0. The molecule has 5 rings (SSSR count). The van der Waals surface area contributed by atoms with Crippen molar-refractivity contribution in [2.75, 3.05) is 26.2 Å². The molecule has 36 heavy (non-hydrogen) atoms. The van der Waals surface area contributed by atoms with Crippen LogP contribution in [0.5, 0.6) is 23.0 Å². The van der Waals surface area contributed by atoms with Crippen LogP contribution in [0, 0.1) is 0 Å². The number of hydrogen-bond acceptors (Lipinski definition) is 7. The van der Waals surface area contributed by atoms with Gasteiger partial charge in [-0.05, 0) is 86.1 Å². The van der Waals surface area contributed by atoms with E-state index in [0.717, 1.165) is 25.2 Å². The number of phenols is 3. The number of thiophene rings is 1. The first kappa shape index (κ1) is 27.0. The SMILES string of the molecule is O.O.O=C(c1ccc(OCCN2CCCC2)cc1)c1c(-c2ccc(O)cc2)sc2cc(O)cc(O)c12. The van der Waals surface area contributed by atoms with E-state index in [0.29, 0.717) is 38.4 Å². The van der Waals surface area contributed by atoms with Gasteiger partial charge in [-0.2, -0.15) is 0 Å². The lowest BCUT2D eigenvalue weighted by molar-refractivity contribution is 0.104. The number of phenolic OH excluding ortho intramolecular Hbond substituents is 3. The molecular formula is C27H29NO7S. The van der Waals surface area contributed by atoms with Crippen molar-refractivity contribution >= 4 is 27.2 Å². The molecule has 0 spiro atoms. The molecule has 4 aromatic rings. The molecule has 2 heterocycles. The fourth-order valence-corrected chi connectivity index (χ4v) is 5.63. The molecule has 0 unspecified atom stereocenters. The lowest BCUT2D eigenvalue weighted by Gasteiger charge is -2.15. The monoisotopic (exact) mass is 511 g/mol. The highest BCUT2D eigenvalue weighted by atomic mass is 32.1. The van der Waals surface area contributed by atoms with Gasteiger partial charge in [0.2, 0.25) is 0 Å². The molecule has 0 amide bonds. The van der Waals surface area contributed by atoms with Crippen molar-refractivity contribution < 1.29 is 35.8 Å². The summed E-state index contributed by atoms with van der Waals surface area (Å²) < 4.78 is 6.46. The van der Waals surface area contributed by atoms with Gasteiger partial charge in [-0.3, -0.25) is 9.69 Å². The van der Waals surface area contributed by atoms with Crippen LogP contribution >= 0.6 is 11.3 Å². The Balaban J connectivity index is 0.00000180. The van der Waals surface area contributed by atoms with Crippen molar-refractivity contribution in [3.8, 4) is 33.4 Å². The molecule has 1 aliphatic rings. The molecule has 1 aliphatic heterocycles. The van der Waals surface area contributed by atoms with E-state index >= 15 is 0 Å². The summed E-state index contributed by atoms with van der Waals surface area (Å²) in [5, 5.41) is 30.6. The quantitative estimate of drug-likeness (QED) is 0.321. The van der Waals surface area contributed by atoms with Crippen molar-refractivity contribution in [1.29, 1.82) is 0 Å². The lowest BCUT2D eigenvalue weighted by atomic mass is 9.97. The first-order valence-electron chi connectivity index (χ1n) is 11.3. The third-order valence-corrected chi connectivity index (χ3v) is 7.29. The van der Waals surface area contributed by atoms with E-state index in [9.17, 15) is 20.1 Å². The highest BCUT2D eigenvalue weighted by Gasteiger charge is 2.24. The summed E-state index contributed by atoms with van der Waals surface area (Å²) in [6.07, 6.45) is 2.49. The summed E-state index contributed by atoms with van der Waals surface area (Å²) in [4.78, 5) is 16.7. The summed E-state index contributed by atoms with van der Waals surface area (Å²) in [6.45, 7) is 3.74. The standard InChI is InChI=1S/C27H25NO5S.2H2O/c29-19-7-3-18(4-8-19)27-25(24-22(31)15-20(30)16-23(24)34-27)26(32)17-5-9-21(10-6-17)33-14-13-28-11-1-2-12-28;;/h3-10,15-16,29-31H,1-2,11-14H2;2*1H2. The number of carbonyl (C=O) groups is 1. The van der Waals surface area contributed by atoms with Crippen LogP contribution in [0.15, 0.2) is 60.7 Å². The largest absolute Gasteiger partial charge is 0.508 e. The van der Waals surface area contributed by atoms with Crippen LogP contribution in [-0.4, -0.2) is 63.2 Å². The molecule has 0 aliphatic carbocycles. The van der Waals surface area contributed by atoms with Gasteiger partial charge in [0.05, 0.1) is 5.56 Å². The molecule has 3 aromatic carbocycles. The number of hydrogen-bond donors (Lipinski definition) is 3. The summed E-state index contributed by atoms with van der Waals surface area (Å²) in [6, 6.07) is 16.4. The van der Waals surface area contributed by atoms with Crippen LogP contribution in [0.1, 0.15) is 28.8 Å². The van der Waals surface area contributed by atoms with Crippen LogP contribution in [0.2, 0.25) is 0 Å². The third kappa shape index (κ3) is 5.44. The van der Waals surface area contributed by atoms with Gasteiger partial charge in [0.1, 0.15) is 29.6 Å². The number of ether oxygens (including phenoxy) is 1. The zero-order chi connectivity index (χ0) is 23.7. The van der Waals surface area contributed by atoms with Gasteiger partial charge < -0.3 is 31.0 Å². The zero-order valence-electron chi connectivity index (χ0n) is 19.5. The van der Waals surface area contributed by atoms with Crippen LogP contribution in [-0.2, 0) is 0 Å². The van der Waals surface area contributed by atoms with Crippen LogP contribution in [0.25, 0.3) is 20.5 Å². The Bertz CT molecular complexity index is 1330. The molecule has 1 aromatic heterocycles. The Kier molecular flexibility index (Phi) is 8.54. The van der Waals surface area contributed by atoms with E-state index in [1.54, 1.807) is 48.5 Å². The molecule has 9 heteroatoms. The van der Waals surface area contributed by atoms with Gasteiger partial charge in [-0.25, -0.2) is 0 Å². The van der Waals surface area contributed by atoms with Gasteiger partial charge in [-0.15, -0.1) is 11.3 Å². The van der Waals surface area contributed by atoms with Crippen molar-refractivity contribution in [2.45, 2.75) is 12.8 Å².